The van der Waals surface area contributed by atoms with E-state index in [0.717, 1.165) is 31.1 Å². The van der Waals surface area contributed by atoms with Gasteiger partial charge in [-0.2, -0.15) is 4.98 Å². The molecule has 0 unspecified atom stereocenters. The molecule has 24 heavy (non-hydrogen) atoms. The number of nitrogens with one attached hydrogen (secondary N) is 1. The van der Waals surface area contributed by atoms with Crippen LogP contribution in [0.1, 0.15) is 5.89 Å². The number of rotatable bonds is 7. The lowest BCUT2D eigenvalue weighted by molar-refractivity contribution is -0.122. The number of nitrogens with zero attached hydrogens (tertiary/aromatic N) is 4. The molecule has 0 spiro atoms. The van der Waals surface area contributed by atoms with Crippen LogP contribution in [0.25, 0.3) is 10.7 Å². The summed E-state index contributed by atoms with van der Waals surface area (Å²) in [6.07, 6.45) is 1.69. The van der Waals surface area contributed by atoms with Crippen LogP contribution in [0.5, 0.6) is 0 Å². The maximum absolute atomic E-state index is 11.7. The lowest BCUT2D eigenvalue weighted by Gasteiger charge is -2.33. The number of amides is 1. The van der Waals surface area contributed by atoms with Crippen LogP contribution in [-0.2, 0) is 11.3 Å². The maximum Gasteiger partial charge on any atom is 0.241 e. The summed E-state index contributed by atoms with van der Waals surface area (Å²) in [7, 11) is 0. The number of piperazine rings is 1. The Labute approximate surface area is 144 Å². The van der Waals surface area contributed by atoms with Gasteiger partial charge in [0.15, 0.2) is 0 Å². The first kappa shape index (κ1) is 16.8. The van der Waals surface area contributed by atoms with Crippen molar-refractivity contribution in [1.29, 1.82) is 0 Å². The first-order chi connectivity index (χ1) is 11.7. The van der Waals surface area contributed by atoms with Crippen molar-refractivity contribution in [3.8, 4) is 10.7 Å². The van der Waals surface area contributed by atoms with Gasteiger partial charge in [0.1, 0.15) is 0 Å². The fraction of sp³-hybridized carbons (Fsp3) is 0.438. The van der Waals surface area contributed by atoms with E-state index in [1.807, 2.05) is 17.5 Å². The topological polar surface area (TPSA) is 74.5 Å². The van der Waals surface area contributed by atoms with Crippen LogP contribution in [0.2, 0.25) is 0 Å². The fourth-order valence-corrected chi connectivity index (χ4v) is 3.22. The standard InChI is InChI=1S/C16H21N5O2S/c1-2-5-17-14(22)11-20-6-8-21(9-7-20)12-15-18-16(19-23-15)13-4-3-10-24-13/h2-4,10H,1,5-9,11-12H2,(H,17,22). The van der Waals surface area contributed by atoms with E-state index in [-0.39, 0.29) is 5.91 Å². The second kappa shape index (κ2) is 8.18. The first-order valence-electron chi connectivity index (χ1n) is 7.93. The Morgan fingerprint density at radius 2 is 2.17 bits per heavy atom. The van der Waals surface area contributed by atoms with Gasteiger partial charge in [-0.3, -0.25) is 14.6 Å². The summed E-state index contributed by atoms with van der Waals surface area (Å²) >= 11 is 1.60. The van der Waals surface area contributed by atoms with Gasteiger partial charge < -0.3 is 9.84 Å². The molecule has 1 aliphatic heterocycles. The van der Waals surface area contributed by atoms with Gasteiger partial charge in [-0.1, -0.05) is 17.3 Å². The van der Waals surface area contributed by atoms with Gasteiger partial charge in [0, 0.05) is 32.7 Å². The van der Waals surface area contributed by atoms with Crippen LogP contribution in [-0.4, -0.2) is 65.1 Å². The molecule has 0 bridgehead atoms. The molecule has 2 aromatic heterocycles. The number of hydrogen-bond donors (Lipinski definition) is 1. The summed E-state index contributed by atoms with van der Waals surface area (Å²) in [5.41, 5.74) is 0. The van der Waals surface area contributed by atoms with E-state index < -0.39 is 0 Å². The number of carbonyl (C=O) groups is 1. The molecular weight excluding hydrogens is 326 g/mol. The van der Waals surface area contributed by atoms with Crippen LogP contribution in [0.15, 0.2) is 34.7 Å². The molecule has 1 N–H and O–H groups in total. The third-order valence-corrected chi connectivity index (χ3v) is 4.71. The molecule has 0 saturated carbocycles. The number of carbonyl (C=O) groups excluding carboxylic acids is 1. The molecule has 0 aliphatic carbocycles. The molecule has 2 aromatic rings. The van der Waals surface area contributed by atoms with E-state index in [1.165, 1.54) is 0 Å². The Morgan fingerprint density at radius 3 is 2.88 bits per heavy atom. The molecule has 128 valence electrons. The zero-order valence-corrected chi connectivity index (χ0v) is 14.3. The van der Waals surface area contributed by atoms with E-state index in [0.29, 0.717) is 31.3 Å². The highest BCUT2D eigenvalue weighted by atomic mass is 32.1. The highest BCUT2D eigenvalue weighted by molar-refractivity contribution is 7.13. The molecule has 1 aliphatic rings. The van der Waals surface area contributed by atoms with E-state index in [2.05, 4.69) is 31.8 Å². The van der Waals surface area contributed by atoms with Crippen molar-refractivity contribution in [3.63, 3.8) is 0 Å². The Bertz CT molecular complexity index is 662. The Hall–Kier alpha value is -2.03. The lowest BCUT2D eigenvalue weighted by atomic mass is 10.3. The molecule has 1 amide bonds. The van der Waals surface area contributed by atoms with E-state index in [9.17, 15) is 4.79 Å². The smallest absolute Gasteiger partial charge is 0.241 e. The highest BCUT2D eigenvalue weighted by Crippen LogP contribution is 2.21. The van der Waals surface area contributed by atoms with Crippen molar-refractivity contribution in [2.45, 2.75) is 6.54 Å². The summed E-state index contributed by atoms with van der Waals surface area (Å²) in [6, 6.07) is 3.95. The number of hydrogen-bond acceptors (Lipinski definition) is 7. The minimum absolute atomic E-state index is 0.0424. The number of thiophene rings is 1. The second-order valence-electron chi connectivity index (χ2n) is 5.63. The molecule has 0 atom stereocenters. The van der Waals surface area contributed by atoms with Crippen molar-refractivity contribution in [1.82, 2.24) is 25.3 Å². The zero-order valence-electron chi connectivity index (χ0n) is 13.5. The Balaban J connectivity index is 1.44. The first-order valence-corrected chi connectivity index (χ1v) is 8.81. The lowest BCUT2D eigenvalue weighted by Crippen LogP contribution is -2.49. The van der Waals surface area contributed by atoms with Crippen LogP contribution in [0.4, 0.5) is 0 Å². The third kappa shape index (κ3) is 4.50. The summed E-state index contributed by atoms with van der Waals surface area (Å²) in [6.45, 7) is 8.66. The Kier molecular flexibility index (Phi) is 5.73. The van der Waals surface area contributed by atoms with Crippen LogP contribution < -0.4 is 5.32 Å². The van der Waals surface area contributed by atoms with E-state index in [4.69, 9.17) is 4.52 Å². The van der Waals surface area contributed by atoms with Gasteiger partial charge in [0.05, 0.1) is 18.0 Å². The molecular formula is C16H21N5O2S. The monoisotopic (exact) mass is 347 g/mol. The van der Waals surface area contributed by atoms with Gasteiger partial charge >= 0.3 is 0 Å². The average molecular weight is 347 g/mol. The van der Waals surface area contributed by atoms with Gasteiger partial charge in [-0.25, -0.2) is 0 Å². The molecule has 0 aromatic carbocycles. The molecule has 7 nitrogen and oxygen atoms in total. The third-order valence-electron chi connectivity index (χ3n) is 3.84. The largest absolute Gasteiger partial charge is 0.352 e. The minimum atomic E-state index is 0.0424. The summed E-state index contributed by atoms with van der Waals surface area (Å²) in [5.74, 6) is 1.33. The highest BCUT2D eigenvalue weighted by Gasteiger charge is 2.20. The summed E-state index contributed by atoms with van der Waals surface area (Å²) in [5, 5.41) is 8.83. The molecule has 3 heterocycles. The summed E-state index contributed by atoms with van der Waals surface area (Å²) in [4.78, 5) is 21.6. The van der Waals surface area contributed by atoms with Gasteiger partial charge in [0.25, 0.3) is 0 Å². The quantitative estimate of drug-likeness (QED) is 0.759. The normalized spacial score (nSPS) is 16.2. The van der Waals surface area contributed by atoms with Crippen LogP contribution >= 0.6 is 11.3 Å². The second-order valence-corrected chi connectivity index (χ2v) is 6.58. The molecule has 1 saturated heterocycles. The predicted octanol–water partition coefficient (Wildman–Crippen LogP) is 1.22. The average Bonchev–Trinajstić information content (AvgIpc) is 3.26. The van der Waals surface area contributed by atoms with Crippen molar-refractivity contribution in [3.05, 3.63) is 36.1 Å². The van der Waals surface area contributed by atoms with Crippen molar-refractivity contribution >= 4 is 17.2 Å². The van der Waals surface area contributed by atoms with Crippen molar-refractivity contribution in [2.24, 2.45) is 0 Å². The SMILES string of the molecule is C=CCNC(=O)CN1CCN(Cc2nc(-c3cccs3)no2)CC1. The van der Waals surface area contributed by atoms with Gasteiger partial charge in [-0.15, -0.1) is 17.9 Å². The van der Waals surface area contributed by atoms with E-state index >= 15 is 0 Å². The molecule has 3 rings (SSSR count). The van der Waals surface area contributed by atoms with Crippen molar-refractivity contribution < 1.29 is 9.32 Å². The fourth-order valence-electron chi connectivity index (χ4n) is 2.57. The molecule has 1 fully saturated rings. The van der Waals surface area contributed by atoms with Gasteiger partial charge in [-0.05, 0) is 11.4 Å². The minimum Gasteiger partial charge on any atom is -0.352 e. The van der Waals surface area contributed by atoms with Crippen molar-refractivity contribution in [2.75, 3.05) is 39.3 Å². The molecule has 0 radical (unpaired) electrons. The van der Waals surface area contributed by atoms with Crippen LogP contribution in [0, 0.1) is 0 Å². The Morgan fingerprint density at radius 1 is 1.38 bits per heavy atom. The van der Waals surface area contributed by atoms with Gasteiger partial charge in [0.2, 0.25) is 17.6 Å². The van der Waals surface area contributed by atoms with Crippen LogP contribution in [0.3, 0.4) is 0 Å². The number of aromatic nitrogens is 2. The summed E-state index contributed by atoms with van der Waals surface area (Å²) < 4.78 is 5.34. The zero-order chi connectivity index (χ0) is 16.8. The molecule has 8 heteroatoms. The predicted molar refractivity (Wildman–Crippen MR) is 92.5 cm³/mol. The maximum atomic E-state index is 11.7. The van der Waals surface area contributed by atoms with E-state index in [1.54, 1.807) is 17.4 Å².